The molecule has 1 aromatic heterocycles. The number of benzene rings is 3. The number of nitrogens with one attached hydrogen (secondary N) is 1. The lowest BCUT2D eigenvalue weighted by Crippen LogP contribution is -1.99. The summed E-state index contributed by atoms with van der Waals surface area (Å²) in [6, 6.07) is 27.8. The van der Waals surface area contributed by atoms with Crippen LogP contribution < -0.4 is 10.1 Å². The molecule has 5 nitrogen and oxygen atoms in total. The topological polar surface area (TPSA) is 71.1 Å². The number of ether oxygens (including phenoxy) is 1. The molecule has 0 aliphatic rings. The molecule has 0 spiro atoms. The summed E-state index contributed by atoms with van der Waals surface area (Å²) in [6.45, 7) is 3.10. The van der Waals surface area contributed by atoms with E-state index in [9.17, 15) is 5.26 Å². The fourth-order valence-electron chi connectivity index (χ4n) is 2.96. The van der Waals surface area contributed by atoms with Crippen LogP contribution in [0, 0.1) is 18.3 Å². The molecule has 0 radical (unpaired) electrons. The van der Waals surface area contributed by atoms with Gasteiger partial charge in [-0.1, -0.05) is 60.2 Å². The molecular formula is C25H21N3O2. The Morgan fingerprint density at radius 2 is 1.67 bits per heavy atom. The van der Waals surface area contributed by atoms with Crippen LogP contribution in [0.5, 0.6) is 5.75 Å². The third-order valence-electron chi connectivity index (χ3n) is 4.66. The molecule has 1 N–H and O–H groups in total. The number of anilines is 1. The number of nitrogens with zero attached hydrogens (tertiary/aromatic N) is 2. The second-order valence-electron chi connectivity index (χ2n) is 6.95. The van der Waals surface area contributed by atoms with Gasteiger partial charge < -0.3 is 14.5 Å². The predicted molar refractivity (Wildman–Crippen MR) is 116 cm³/mol. The van der Waals surface area contributed by atoms with Gasteiger partial charge in [-0.2, -0.15) is 10.2 Å². The second kappa shape index (κ2) is 8.97. The lowest BCUT2D eigenvalue weighted by atomic mass is 10.1. The minimum Gasteiger partial charge on any atom is -0.489 e. The maximum Gasteiger partial charge on any atom is 0.232 e. The summed E-state index contributed by atoms with van der Waals surface area (Å²) in [5, 5.41) is 12.6. The van der Waals surface area contributed by atoms with Gasteiger partial charge in [-0.15, -0.1) is 0 Å². The molecule has 30 heavy (non-hydrogen) atoms. The van der Waals surface area contributed by atoms with E-state index in [1.165, 1.54) is 5.56 Å². The molecule has 0 unspecified atom stereocenters. The van der Waals surface area contributed by atoms with E-state index in [4.69, 9.17) is 9.15 Å². The monoisotopic (exact) mass is 395 g/mol. The number of hydrogen-bond acceptors (Lipinski definition) is 5. The molecule has 0 atom stereocenters. The molecule has 4 aromatic rings. The van der Waals surface area contributed by atoms with Crippen LogP contribution in [-0.4, -0.2) is 4.98 Å². The van der Waals surface area contributed by atoms with E-state index < -0.39 is 0 Å². The van der Waals surface area contributed by atoms with Crippen molar-refractivity contribution in [3.05, 3.63) is 101 Å². The van der Waals surface area contributed by atoms with Gasteiger partial charge in [0.25, 0.3) is 0 Å². The van der Waals surface area contributed by atoms with Crippen molar-refractivity contribution in [1.82, 2.24) is 4.98 Å². The molecule has 0 saturated heterocycles. The minimum atomic E-state index is 0.238. The van der Waals surface area contributed by atoms with Gasteiger partial charge >= 0.3 is 0 Å². The Labute approximate surface area is 175 Å². The van der Waals surface area contributed by atoms with Crippen LogP contribution in [-0.2, 0) is 13.2 Å². The smallest absolute Gasteiger partial charge is 0.232 e. The number of hydrogen-bond donors (Lipinski definition) is 1. The fourth-order valence-corrected chi connectivity index (χ4v) is 2.96. The molecule has 1 heterocycles. The minimum absolute atomic E-state index is 0.238. The van der Waals surface area contributed by atoms with E-state index >= 15 is 0 Å². The van der Waals surface area contributed by atoms with E-state index in [0.717, 1.165) is 22.4 Å². The lowest BCUT2D eigenvalue weighted by molar-refractivity contribution is 0.306. The number of oxazole rings is 1. The van der Waals surface area contributed by atoms with Crippen molar-refractivity contribution in [2.75, 3.05) is 5.32 Å². The first-order valence-corrected chi connectivity index (χ1v) is 9.69. The zero-order valence-electron chi connectivity index (χ0n) is 16.6. The van der Waals surface area contributed by atoms with Crippen LogP contribution >= 0.6 is 0 Å². The molecule has 0 aliphatic heterocycles. The van der Waals surface area contributed by atoms with Crippen molar-refractivity contribution in [1.29, 1.82) is 5.26 Å². The van der Waals surface area contributed by atoms with Gasteiger partial charge in [0, 0.05) is 12.1 Å². The predicted octanol–water partition coefficient (Wildman–Crippen LogP) is 5.71. The van der Waals surface area contributed by atoms with Gasteiger partial charge in [-0.05, 0) is 42.3 Å². The molecule has 0 amide bonds. The molecule has 0 saturated carbocycles. The Bertz CT molecular complexity index is 1140. The maximum atomic E-state index is 9.40. The molecule has 0 aliphatic carbocycles. The number of rotatable bonds is 7. The molecule has 148 valence electrons. The number of aryl methyl sites for hydroxylation is 1. The zero-order valence-corrected chi connectivity index (χ0v) is 16.6. The summed E-state index contributed by atoms with van der Waals surface area (Å²) in [6.07, 6.45) is 0. The third kappa shape index (κ3) is 4.68. The van der Waals surface area contributed by atoms with Crippen molar-refractivity contribution < 1.29 is 9.15 Å². The van der Waals surface area contributed by atoms with Gasteiger partial charge in [-0.25, -0.2) is 0 Å². The molecule has 0 fully saturated rings. The maximum absolute atomic E-state index is 9.40. The van der Waals surface area contributed by atoms with E-state index in [1.807, 2.05) is 73.7 Å². The van der Waals surface area contributed by atoms with E-state index in [1.54, 1.807) is 0 Å². The quantitative estimate of drug-likeness (QED) is 0.434. The molecule has 0 bridgehead atoms. The standard InChI is InChI=1S/C25H21N3O2/c1-18-7-9-19(10-8-18)16-27-25-23(15-26)28-24(30-25)21-11-13-22(14-12-21)29-17-20-5-3-2-4-6-20/h2-14,27H,16-17H2,1H3. The van der Waals surface area contributed by atoms with Crippen LogP contribution in [0.2, 0.25) is 0 Å². The second-order valence-corrected chi connectivity index (χ2v) is 6.95. The average Bonchev–Trinajstić information content (AvgIpc) is 3.22. The number of nitriles is 1. The van der Waals surface area contributed by atoms with Crippen LogP contribution in [0.4, 0.5) is 5.88 Å². The Kier molecular flexibility index (Phi) is 5.77. The van der Waals surface area contributed by atoms with Gasteiger partial charge in [0.2, 0.25) is 17.5 Å². The summed E-state index contributed by atoms with van der Waals surface area (Å²) in [5.41, 5.74) is 4.43. The summed E-state index contributed by atoms with van der Waals surface area (Å²) in [5.74, 6) is 1.53. The van der Waals surface area contributed by atoms with E-state index in [2.05, 4.69) is 28.5 Å². The van der Waals surface area contributed by atoms with Crippen LogP contribution in [0.15, 0.2) is 83.3 Å². The first kappa shape index (κ1) is 19.3. The summed E-state index contributed by atoms with van der Waals surface area (Å²) in [4.78, 5) is 4.32. The van der Waals surface area contributed by atoms with Gasteiger partial charge in [-0.3, -0.25) is 0 Å². The van der Waals surface area contributed by atoms with Crippen LogP contribution in [0.1, 0.15) is 22.4 Å². The fraction of sp³-hybridized carbons (Fsp3) is 0.120. The van der Waals surface area contributed by atoms with Crippen molar-refractivity contribution in [3.63, 3.8) is 0 Å². The van der Waals surface area contributed by atoms with Crippen molar-refractivity contribution in [2.45, 2.75) is 20.1 Å². The van der Waals surface area contributed by atoms with Crippen molar-refractivity contribution >= 4 is 5.88 Å². The average molecular weight is 395 g/mol. The first-order valence-electron chi connectivity index (χ1n) is 9.69. The summed E-state index contributed by atoms with van der Waals surface area (Å²) >= 11 is 0. The van der Waals surface area contributed by atoms with Crippen molar-refractivity contribution in [3.8, 4) is 23.3 Å². The van der Waals surface area contributed by atoms with Crippen LogP contribution in [0.3, 0.4) is 0 Å². The van der Waals surface area contributed by atoms with E-state index in [0.29, 0.717) is 24.9 Å². The zero-order chi connectivity index (χ0) is 20.8. The Morgan fingerprint density at radius 3 is 2.37 bits per heavy atom. The Balaban J connectivity index is 1.43. The Morgan fingerprint density at radius 1 is 0.933 bits per heavy atom. The van der Waals surface area contributed by atoms with Gasteiger partial charge in [0.05, 0.1) is 0 Å². The SMILES string of the molecule is Cc1ccc(CNc2oc(-c3ccc(OCc4ccccc4)cc3)nc2C#N)cc1. The highest BCUT2D eigenvalue weighted by Crippen LogP contribution is 2.27. The normalized spacial score (nSPS) is 10.4. The third-order valence-corrected chi connectivity index (χ3v) is 4.66. The molecular weight excluding hydrogens is 374 g/mol. The first-order chi connectivity index (χ1) is 14.7. The highest BCUT2D eigenvalue weighted by Gasteiger charge is 2.14. The number of aromatic nitrogens is 1. The summed E-state index contributed by atoms with van der Waals surface area (Å²) < 4.78 is 11.6. The van der Waals surface area contributed by atoms with Gasteiger partial charge in [0.15, 0.2) is 0 Å². The Hall–Kier alpha value is -4.04. The van der Waals surface area contributed by atoms with Gasteiger partial charge in [0.1, 0.15) is 18.4 Å². The lowest BCUT2D eigenvalue weighted by Gasteiger charge is -2.06. The highest BCUT2D eigenvalue weighted by molar-refractivity contribution is 5.59. The molecule has 4 rings (SSSR count). The largest absolute Gasteiger partial charge is 0.489 e. The molecule has 3 aromatic carbocycles. The van der Waals surface area contributed by atoms with Crippen LogP contribution in [0.25, 0.3) is 11.5 Å². The summed E-state index contributed by atoms with van der Waals surface area (Å²) in [7, 11) is 0. The molecule has 5 heteroatoms. The van der Waals surface area contributed by atoms with E-state index in [-0.39, 0.29) is 5.69 Å². The highest BCUT2D eigenvalue weighted by atomic mass is 16.5. The van der Waals surface area contributed by atoms with Crippen molar-refractivity contribution in [2.24, 2.45) is 0 Å².